The second-order valence-electron chi connectivity index (χ2n) is 22.7. The number of unbranched alkanes of at least 4 members (excludes halogenated alkanes) is 37. The van der Waals surface area contributed by atoms with Crippen LogP contribution in [0.1, 0.15) is 342 Å². The first-order chi connectivity index (χ1) is 39.0. The number of rotatable bonds is 62. The average molecular weight is 1100 g/mol. The monoisotopic (exact) mass is 1100 g/mol. The molecule has 0 radical (unpaired) electrons. The topological polar surface area (TPSA) is 78.9 Å². The smallest absolute Gasteiger partial charge is 0.306 e. The van der Waals surface area contributed by atoms with Gasteiger partial charge in [-0.2, -0.15) is 0 Å². The van der Waals surface area contributed by atoms with Gasteiger partial charge in [0.2, 0.25) is 0 Å². The van der Waals surface area contributed by atoms with Crippen molar-refractivity contribution in [2.24, 2.45) is 0 Å². The molecule has 1 atom stereocenters. The third-order valence-electron chi connectivity index (χ3n) is 14.9. The van der Waals surface area contributed by atoms with Crippen LogP contribution in [0.2, 0.25) is 0 Å². The minimum atomic E-state index is -0.810. The lowest BCUT2D eigenvalue weighted by Gasteiger charge is -2.18. The van der Waals surface area contributed by atoms with E-state index in [1.54, 1.807) is 0 Å². The van der Waals surface area contributed by atoms with E-state index >= 15 is 0 Å². The summed E-state index contributed by atoms with van der Waals surface area (Å²) in [6.45, 7) is 6.46. The number of carbonyl (C=O) groups is 3. The third-order valence-corrected chi connectivity index (χ3v) is 14.9. The Bertz CT molecular complexity index is 1500. The fourth-order valence-corrected chi connectivity index (χ4v) is 9.78. The quantitative estimate of drug-likeness (QED) is 0.0261. The maximum Gasteiger partial charge on any atom is 0.306 e. The molecule has 0 aliphatic rings. The molecule has 0 fully saturated rings. The third kappa shape index (κ3) is 65.3. The zero-order valence-electron chi connectivity index (χ0n) is 52.4. The molecule has 0 aromatic carbocycles. The van der Waals surface area contributed by atoms with Crippen LogP contribution < -0.4 is 0 Å². The largest absolute Gasteiger partial charge is 0.462 e. The molecule has 0 saturated heterocycles. The molecule has 0 saturated carbocycles. The summed E-state index contributed by atoms with van der Waals surface area (Å²) in [7, 11) is 0. The van der Waals surface area contributed by atoms with Crippen molar-refractivity contribution in [3.05, 3.63) is 85.1 Å². The zero-order chi connectivity index (χ0) is 57.1. The highest BCUT2D eigenvalue weighted by molar-refractivity contribution is 5.71. The molecule has 0 aromatic heterocycles. The van der Waals surface area contributed by atoms with Crippen molar-refractivity contribution in [1.29, 1.82) is 0 Å². The molecule has 1 unspecified atom stereocenters. The predicted octanol–water partition coefficient (Wildman–Crippen LogP) is 23.4. The van der Waals surface area contributed by atoms with Crippen molar-refractivity contribution in [3.63, 3.8) is 0 Å². The summed E-state index contributed by atoms with van der Waals surface area (Å²) in [5.41, 5.74) is 0. The van der Waals surface area contributed by atoms with Crippen molar-refractivity contribution < 1.29 is 28.6 Å². The van der Waals surface area contributed by atoms with Gasteiger partial charge < -0.3 is 14.2 Å². The Labute approximate surface area is 490 Å². The van der Waals surface area contributed by atoms with Crippen LogP contribution >= 0.6 is 0 Å². The van der Waals surface area contributed by atoms with Crippen molar-refractivity contribution in [2.45, 2.75) is 348 Å². The minimum absolute atomic E-state index is 0.0995. The van der Waals surface area contributed by atoms with Crippen molar-refractivity contribution in [1.82, 2.24) is 0 Å². The standard InChI is InChI=1S/C73H128O6/c1-4-7-10-13-16-19-22-25-27-29-30-31-32-33-34-35-36-37-38-39-40-41-42-44-45-48-51-54-57-60-63-66-72(75)78-69-70(68-77-71(74)65-62-59-56-53-50-47-24-21-18-15-12-9-6-3)79-73(76)67-64-61-58-55-52-49-46-43-28-26-23-20-17-14-11-8-5-2/h9,12,17-18,20-21,26,28-30,47,50,56,59,70H,4-8,10-11,13-16,19,22-25,27,31-46,48-49,51-55,57-58,60-69H2,1-3H3/b12-9-,20-17-,21-18-,28-26-,30-29-,50-47-,59-56-. The Kier molecular flexibility index (Phi) is 64.2. The molecule has 0 aromatic rings. The van der Waals surface area contributed by atoms with Crippen LogP contribution in [-0.4, -0.2) is 37.2 Å². The average Bonchev–Trinajstić information content (AvgIpc) is 3.45. The van der Waals surface area contributed by atoms with Crippen LogP contribution in [-0.2, 0) is 28.6 Å². The van der Waals surface area contributed by atoms with E-state index in [2.05, 4.69) is 99.8 Å². The number of allylic oxidation sites excluding steroid dienone is 14. The Morgan fingerprint density at radius 1 is 0.266 bits per heavy atom. The van der Waals surface area contributed by atoms with Gasteiger partial charge in [-0.3, -0.25) is 14.4 Å². The maximum absolute atomic E-state index is 12.9. The van der Waals surface area contributed by atoms with Gasteiger partial charge >= 0.3 is 17.9 Å². The molecular weight excluding hydrogens is 973 g/mol. The second kappa shape index (κ2) is 67.1. The highest BCUT2D eigenvalue weighted by Crippen LogP contribution is 2.17. The second-order valence-corrected chi connectivity index (χ2v) is 22.7. The van der Waals surface area contributed by atoms with Crippen LogP contribution in [0.25, 0.3) is 0 Å². The van der Waals surface area contributed by atoms with Crippen LogP contribution in [0.5, 0.6) is 0 Å². The number of hydrogen-bond donors (Lipinski definition) is 0. The highest BCUT2D eigenvalue weighted by Gasteiger charge is 2.19. The normalized spacial score (nSPS) is 12.6. The van der Waals surface area contributed by atoms with Crippen LogP contribution in [0.15, 0.2) is 85.1 Å². The van der Waals surface area contributed by atoms with Gasteiger partial charge in [-0.25, -0.2) is 0 Å². The molecule has 0 heterocycles. The summed E-state index contributed by atoms with van der Waals surface area (Å²) in [5, 5.41) is 0. The van der Waals surface area contributed by atoms with E-state index in [4.69, 9.17) is 14.2 Å². The van der Waals surface area contributed by atoms with Gasteiger partial charge in [0.15, 0.2) is 6.10 Å². The van der Waals surface area contributed by atoms with Gasteiger partial charge in [0.25, 0.3) is 0 Å². The summed E-state index contributed by atoms with van der Waals surface area (Å²) in [4.78, 5) is 38.3. The molecule has 0 aliphatic heterocycles. The summed E-state index contributed by atoms with van der Waals surface area (Å²) < 4.78 is 16.9. The van der Waals surface area contributed by atoms with Gasteiger partial charge in [-0.05, 0) is 103 Å². The summed E-state index contributed by atoms with van der Waals surface area (Å²) in [6, 6.07) is 0. The van der Waals surface area contributed by atoms with Gasteiger partial charge in [0.1, 0.15) is 13.2 Å². The molecular formula is C73H128O6. The lowest BCUT2D eigenvalue weighted by Crippen LogP contribution is -2.30. The van der Waals surface area contributed by atoms with Crippen LogP contribution in [0, 0.1) is 0 Å². The van der Waals surface area contributed by atoms with Crippen LogP contribution in [0.4, 0.5) is 0 Å². The van der Waals surface area contributed by atoms with Gasteiger partial charge in [0, 0.05) is 19.3 Å². The summed E-state index contributed by atoms with van der Waals surface area (Å²) >= 11 is 0. The number of hydrogen-bond acceptors (Lipinski definition) is 6. The fourth-order valence-electron chi connectivity index (χ4n) is 9.78. The SMILES string of the molecule is CC/C=C\C/C=C\C/C=C\C/C=C\CCC(=O)OCC(COC(=O)CCCCCCCCCCCCCCCCCCCCC/C=C\CCCCCCCCCC)OC(=O)CCCCCCCCC/C=C\C/C=C\CCCCC. The lowest BCUT2D eigenvalue weighted by molar-refractivity contribution is -0.166. The van der Waals surface area contributed by atoms with E-state index < -0.39 is 6.10 Å². The van der Waals surface area contributed by atoms with Gasteiger partial charge in [0.05, 0.1) is 0 Å². The Morgan fingerprint density at radius 2 is 0.519 bits per heavy atom. The van der Waals surface area contributed by atoms with Crippen molar-refractivity contribution in [3.8, 4) is 0 Å². The maximum atomic E-state index is 12.9. The van der Waals surface area contributed by atoms with Crippen molar-refractivity contribution >= 4 is 17.9 Å². The summed E-state index contributed by atoms with van der Waals surface area (Å²) in [5.74, 6) is -0.980. The Hall–Kier alpha value is -3.41. The van der Waals surface area contributed by atoms with E-state index in [9.17, 15) is 14.4 Å². The first kappa shape index (κ1) is 75.6. The first-order valence-electron chi connectivity index (χ1n) is 34.1. The molecule has 456 valence electrons. The lowest BCUT2D eigenvalue weighted by atomic mass is 10.0. The van der Waals surface area contributed by atoms with Crippen molar-refractivity contribution in [2.75, 3.05) is 13.2 Å². The zero-order valence-corrected chi connectivity index (χ0v) is 52.4. The fraction of sp³-hybridized carbons (Fsp3) is 0.767. The van der Waals surface area contributed by atoms with E-state index in [1.165, 1.54) is 218 Å². The predicted molar refractivity (Wildman–Crippen MR) is 344 cm³/mol. The molecule has 0 aliphatic carbocycles. The Morgan fingerprint density at radius 3 is 0.886 bits per heavy atom. The molecule has 6 nitrogen and oxygen atoms in total. The van der Waals surface area contributed by atoms with Gasteiger partial charge in [-0.15, -0.1) is 0 Å². The molecule has 0 rings (SSSR count). The molecule has 6 heteroatoms. The molecule has 0 N–H and O–H groups in total. The number of ether oxygens (including phenoxy) is 3. The van der Waals surface area contributed by atoms with Crippen LogP contribution in [0.3, 0.4) is 0 Å². The summed E-state index contributed by atoms with van der Waals surface area (Å²) in [6.07, 6.45) is 89.2. The van der Waals surface area contributed by atoms with E-state index in [-0.39, 0.29) is 37.5 Å². The molecule has 0 amide bonds. The highest BCUT2D eigenvalue weighted by atomic mass is 16.6. The van der Waals surface area contributed by atoms with E-state index in [1.807, 2.05) is 6.08 Å². The minimum Gasteiger partial charge on any atom is -0.462 e. The molecule has 0 bridgehead atoms. The van der Waals surface area contributed by atoms with E-state index in [0.29, 0.717) is 19.3 Å². The molecule has 0 spiro atoms. The number of carbonyl (C=O) groups excluding carboxylic acids is 3. The first-order valence-corrected chi connectivity index (χ1v) is 34.1. The molecule has 79 heavy (non-hydrogen) atoms. The number of esters is 3. The van der Waals surface area contributed by atoms with Gasteiger partial charge in [-0.1, -0.05) is 305 Å². The Balaban J connectivity index is 4.20. The van der Waals surface area contributed by atoms with E-state index in [0.717, 1.165) is 77.0 Å².